The summed E-state index contributed by atoms with van der Waals surface area (Å²) in [5.74, 6) is 0.790. The largest absolute Gasteiger partial charge is 0.229 e. The highest BCUT2D eigenvalue weighted by Crippen LogP contribution is 2.46. The van der Waals surface area contributed by atoms with Gasteiger partial charge in [-0.2, -0.15) is 5.26 Å². The summed E-state index contributed by atoms with van der Waals surface area (Å²) in [4.78, 5) is 0. The highest BCUT2D eigenvalue weighted by Gasteiger charge is 2.39. The van der Waals surface area contributed by atoms with E-state index >= 15 is 0 Å². The minimum atomic E-state index is -2.96. The molecule has 1 aliphatic carbocycles. The monoisotopic (exact) mass is 271 g/mol. The minimum Gasteiger partial charge on any atom is -0.229 e. The van der Waals surface area contributed by atoms with Crippen LogP contribution in [-0.4, -0.2) is 20.4 Å². The SMILES string of the molecule is CC(C)(C)C1CCC(C#N)(CCS(C)(=O)=O)CC1. The lowest BCUT2D eigenvalue weighted by molar-refractivity contribution is 0.119. The van der Waals surface area contributed by atoms with Crippen LogP contribution in [0.1, 0.15) is 52.9 Å². The molecule has 0 radical (unpaired) electrons. The molecule has 4 heteroatoms. The van der Waals surface area contributed by atoms with Gasteiger partial charge in [0.2, 0.25) is 0 Å². The van der Waals surface area contributed by atoms with Crippen molar-refractivity contribution < 1.29 is 8.42 Å². The van der Waals surface area contributed by atoms with Crippen molar-refractivity contribution in [3.05, 3.63) is 0 Å². The second-order valence-corrected chi connectivity index (χ2v) is 9.17. The van der Waals surface area contributed by atoms with Gasteiger partial charge in [-0.05, 0) is 43.4 Å². The molecule has 3 nitrogen and oxygen atoms in total. The molecular formula is C14H25NO2S. The zero-order chi connectivity index (χ0) is 14.0. The Morgan fingerprint density at radius 3 is 2.11 bits per heavy atom. The van der Waals surface area contributed by atoms with Crippen LogP contribution in [0.25, 0.3) is 0 Å². The van der Waals surface area contributed by atoms with Crippen LogP contribution >= 0.6 is 0 Å². The van der Waals surface area contributed by atoms with Gasteiger partial charge >= 0.3 is 0 Å². The van der Waals surface area contributed by atoms with Crippen LogP contribution in [-0.2, 0) is 9.84 Å². The summed E-state index contributed by atoms with van der Waals surface area (Å²) < 4.78 is 22.5. The molecule has 0 N–H and O–H groups in total. The van der Waals surface area contributed by atoms with Crippen molar-refractivity contribution in [3.8, 4) is 6.07 Å². The van der Waals surface area contributed by atoms with Gasteiger partial charge in [0.15, 0.2) is 0 Å². The van der Waals surface area contributed by atoms with Crippen molar-refractivity contribution in [2.24, 2.45) is 16.7 Å². The molecule has 1 fully saturated rings. The predicted molar refractivity (Wildman–Crippen MR) is 73.8 cm³/mol. The lowest BCUT2D eigenvalue weighted by Crippen LogP contribution is -2.33. The highest BCUT2D eigenvalue weighted by molar-refractivity contribution is 7.90. The van der Waals surface area contributed by atoms with Crippen LogP contribution in [0.15, 0.2) is 0 Å². The average Bonchev–Trinajstić information content (AvgIpc) is 2.25. The Morgan fingerprint density at radius 2 is 1.78 bits per heavy atom. The summed E-state index contributed by atoms with van der Waals surface area (Å²) in [7, 11) is -2.96. The van der Waals surface area contributed by atoms with E-state index in [0.717, 1.165) is 25.7 Å². The van der Waals surface area contributed by atoms with Crippen molar-refractivity contribution in [1.82, 2.24) is 0 Å². The molecule has 1 aliphatic rings. The molecule has 0 bridgehead atoms. The zero-order valence-electron chi connectivity index (χ0n) is 12.0. The maximum Gasteiger partial charge on any atom is 0.147 e. The van der Waals surface area contributed by atoms with Crippen molar-refractivity contribution in [2.75, 3.05) is 12.0 Å². The second kappa shape index (κ2) is 5.21. The molecule has 0 unspecified atom stereocenters. The van der Waals surface area contributed by atoms with E-state index in [0.29, 0.717) is 17.8 Å². The maximum atomic E-state index is 11.2. The first-order valence-electron chi connectivity index (χ1n) is 6.67. The second-order valence-electron chi connectivity index (χ2n) is 6.91. The number of hydrogen-bond donors (Lipinski definition) is 0. The number of nitriles is 1. The third kappa shape index (κ3) is 4.28. The van der Waals surface area contributed by atoms with Crippen LogP contribution in [0.4, 0.5) is 0 Å². The van der Waals surface area contributed by atoms with Gasteiger partial charge in [0.25, 0.3) is 0 Å². The summed E-state index contributed by atoms with van der Waals surface area (Å²) in [6, 6.07) is 2.40. The average molecular weight is 271 g/mol. The van der Waals surface area contributed by atoms with Crippen molar-refractivity contribution in [3.63, 3.8) is 0 Å². The van der Waals surface area contributed by atoms with Gasteiger partial charge in [-0.25, -0.2) is 8.42 Å². The van der Waals surface area contributed by atoms with E-state index in [4.69, 9.17) is 0 Å². The number of sulfone groups is 1. The maximum absolute atomic E-state index is 11.2. The molecule has 0 heterocycles. The van der Waals surface area contributed by atoms with Crippen LogP contribution in [0.3, 0.4) is 0 Å². The lowest BCUT2D eigenvalue weighted by Gasteiger charge is -2.40. The Labute approximate surface area is 111 Å². The Bertz CT molecular complexity index is 418. The summed E-state index contributed by atoms with van der Waals surface area (Å²) in [6.07, 6.45) is 5.53. The van der Waals surface area contributed by atoms with Crippen LogP contribution in [0.5, 0.6) is 0 Å². The third-order valence-electron chi connectivity index (χ3n) is 4.36. The topological polar surface area (TPSA) is 57.9 Å². The van der Waals surface area contributed by atoms with Gasteiger partial charge in [-0.3, -0.25) is 0 Å². The number of nitrogens with zero attached hydrogens (tertiary/aromatic N) is 1. The minimum absolute atomic E-state index is 0.140. The van der Waals surface area contributed by atoms with Gasteiger partial charge in [0.05, 0.1) is 17.2 Å². The van der Waals surface area contributed by atoms with Crippen LogP contribution in [0, 0.1) is 28.1 Å². The first-order chi connectivity index (χ1) is 8.08. The molecule has 0 spiro atoms. The van der Waals surface area contributed by atoms with E-state index in [1.54, 1.807) is 0 Å². The van der Waals surface area contributed by atoms with Crippen LogP contribution in [0.2, 0.25) is 0 Å². The Kier molecular flexibility index (Phi) is 4.48. The highest BCUT2D eigenvalue weighted by atomic mass is 32.2. The van der Waals surface area contributed by atoms with E-state index in [1.807, 2.05) is 0 Å². The molecule has 0 aromatic rings. The number of rotatable bonds is 3. The summed E-state index contributed by atoms with van der Waals surface area (Å²) in [5, 5.41) is 9.38. The van der Waals surface area contributed by atoms with Gasteiger partial charge in [0.1, 0.15) is 9.84 Å². The van der Waals surface area contributed by atoms with E-state index in [-0.39, 0.29) is 5.75 Å². The normalized spacial score (nSPS) is 29.8. The molecule has 0 aliphatic heterocycles. The summed E-state index contributed by atoms with van der Waals surface area (Å²) in [6.45, 7) is 6.73. The molecule has 18 heavy (non-hydrogen) atoms. The van der Waals surface area contributed by atoms with E-state index in [2.05, 4.69) is 26.8 Å². The van der Waals surface area contributed by atoms with Gasteiger partial charge in [0, 0.05) is 6.26 Å². The van der Waals surface area contributed by atoms with E-state index < -0.39 is 15.3 Å². The van der Waals surface area contributed by atoms with Gasteiger partial charge in [-0.15, -0.1) is 0 Å². The fraction of sp³-hybridized carbons (Fsp3) is 0.929. The van der Waals surface area contributed by atoms with E-state index in [9.17, 15) is 13.7 Å². The molecular weight excluding hydrogens is 246 g/mol. The molecule has 0 saturated heterocycles. The first kappa shape index (κ1) is 15.5. The molecule has 0 atom stereocenters. The molecule has 0 aromatic heterocycles. The molecule has 1 rings (SSSR count). The quantitative estimate of drug-likeness (QED) is 0.792. The smallest absolute Gasteiger partial charge is 0.147 e. The van der Waals surface area contributed by atoms with Gasteiger partial charge < -0.3 is 0 Å². The Balaban J connectivity index is 2.64. The Morgan fingerprint density at radius 1 is 1.28 bits per heavy atom. The van der Waals surface area contributed by atoms with Crippen molar-refractivity contribution in [2.45, 2.75) is 52.9 Å². The molecule has 0 amide bonds. The molecule has 0 aromatic carbocycles. The molecule has 1 saturated carbocycles. The van der Waals surface area contributed by atoms with Crippen molar-refractivity contribution in [1.29, 1.82) is 5.26 Å². The Hall–Kier alpha value is -0.560. The lowest BCUT2D eigenvalue weighted by atomic mass is 9.64. The third-order valence-corrected chi connectivity index (χ3v) is 5.30. The van der Waals surface area contributed by atoms with Crippen molar-refractivity contribution >= 4 is 9.84 Å². The first-order valence-corrected chi connectivity index (χ1v) is 8.73. The van der Waals surface area contributed by atoms with Gasteiger partial charge in [-0.1, -0.05) is 20.8 Å². The summed E-state index contributed by atoms with van der Waals surface area (Å²) in [5.41, 5.74) is -0.108. The fourth-order valence-electron chi connectivity index (χ4n) is 2.83. The van der Waals surface area contributed by atoms with E-state index in [1.165, 1.54) is 6.26 Å². The summed E-state index contributed by atoms with van der Waals surface area (Å²) >= 11 is 0. The number of hydrogen-bond acceptors (Lipinski definition) is 3. The molecule has 104 valence electrons. The van der Waals surface area contributed by atoms with Crippen LogP contribution < -0.4 is 0 Å². The zero-order valence-corrected chi connectivity index (χ0v) is 12.8. The predicted octanol–water partition coefficient (Wildman–Crippen LogP) is 3.17. The standard InChI is InChI=1S/C14H25NO2S/c1-13(2,3)12-5-7-14(11-15,8-6-12)9-10-18(4,16)17/h12H,5-10H2,1-4H3. The fourth-order valence-corrected chi connectivity index (χ4v) is 3.60.